The number of anilines is 1. The van der Waals surface area contributed by atoms with E-state index >= 15 is 0 Å². The summed E-state index contributed by atoms with van der Waals surface area (Å²) < 4.78 is 5.24. The third-order valence-corrected chi connectivity index (χ3v) is 5.51. The van der Waals surface area contributed by atoms with Gasteiger partial charge in [-0.1, -0.05) is 24.3 Å². The van der Waals surface area contributed by atoms with Gasteiger partial charge in [0, 0.05) is 23.6 Å². The Bertz CT molecular complexity index is 1200. The molecule has 1 amide bonds. The van der Waals surface area contributed by atoms with Gasteiger partial charge in [0.1, 0.15) is 11.5 Å². The summed E-state index contributed by atoms with van der Waals surface area (Å²) >= 11 is 0. The van der Waals surface area contributed by atoms with Crippen molar-refractivity contribution in [3.63, 3.8) is 0 Å². The van der Waals surface area contributed by atoms with Crippen LogP contribution >= 0.6 is 0 Å². The first kappa shape index (κ1) is 20.3. The summed E-state index contributed by atoms with van der Waals surface area (Å²) in [6, 6.07) is 15.3. The lowest BCUT2D eigenvalue weighted by Crippen LogP contribution is -2.30. The highest BCUT2D eigenvalue weighted by molar-refractivity contribution is 6.51. The zero-order valence-electron chi connectivity index (χ0n) is 17.5. The summed E-state index contributed by atoms with van der Waals surface area (Å²) in [6.07, 6.45) is 3.23. The molecule has 1 atom stereocenters. The van der Waals surface area contributed by atoms with E-state index in [1.807, 2.05) is 32.0 Å². The van der Waals surface area contributed by atoms with Gasteiger partial charge in [0.25, 0.3) is 11.7 Å². The minimum absolute atomic E-state index is 0.0366. The second-order valence-electron chi connectivity index (χ2n) is 7.42. The summed E-state index contributed by atoms with van der Waals surface area (Å²) in [5.74, 6) is -0.998. The van der Waals surface area contributed by atoms with Crippen LogP contribution in [0, 0.1) is 13.8 Å². The predicted octanol–water partition coefficient (Wildman–Crippen LogP) is 4.33. The number of aliphatic hydroxyl groups excluding tert-OH is 1. The highest BCUT2D eigenvalue weighted by Gasteiger charge is 2.47. The molecule has 6 nitrogen and oxygen atoms in total. The smallest absolute Gasteiger partial charge is 0.300 e. The minimum Gasteiger partial charge on any atom is -0.507 e. The summed E-state index contributed by atoms with van der Waals surface area (Å²) in [5.41, 5.74) is 3.33. The predicted molar refractivity (Wildman–Crippen MR) is 118 cm³/mol. The van der Waals surface area contributed by atoms with Gasteiger partial charge in [-0.15, -0.1) is 0 Å². The van der Waals surface area contributed by atoms with Gasteiger partial charge < -0.3 is 9.84 Å². The number of pyridine rings is 1. The van der Waals surface area contributed by atoms with E-state index < -0.39 is 17.7 Å². The number of rotatable bonds is 4. The first-order valence-corrected chi connectivity index (χ1v) is 9.85. The minimum atomic E-state index is -0.795. The molecule has 0 saturated carbocycles. The quantitative estimate of drug-likeness (QED) is 0.390. The van der Waals surface area contributed by atoms with Crippen LogP contribution in [0.2, 0.25) is 0 Å². The molecule has 0 radical (unpaired) electrons. The third kappa shape index (κ3) is 3.46. The van der Waals surface area contributed by atoms with E-state index in [1.165, 1.54) is 4.90 Å². The normalized spacial score (nSPS) is 17.8. The molecule has 1 unspecified atom stereocenters. The Balaban J connectivity index is 1.96. The SMILES string of the molecule is COc1ccc(/C(O)=C2/C(=O)C(=O)N(c3ccccc3C)C2c2cccnc2)c(C)c1. The molecule has 6 heteroatoms. The van der Waals surface area contributed by atoms with Crippen molar-refractivity contribution in [3.8, 4) is 5.75 Å². The molecular formula is C25H22N2O4. The number of Topliss-reactive ketones (excluding diaryl/α,β-unsaturated/α-hetero) is 1. The maximum Gasteiger partial charge on any atom is 0.300 e. The largest absolute Gasteiger partial charge is 0.507 e. The second-order valence-corrected chi connectivity index (χ2v) is 7.42. The van der Waals surface area contributed by atoms with E-state index in [9.17, 15) is 14.7 Å². The van der Waals surface area contributed by atoms with Crippen molar-refractivity contribution in [2.45, 2.75) is 19.9 Å². The van der Waals surface area contributed by atoms with Crippen LogP contribution in [0.5, 0.6) is 5.75 Å². The maximum absolute atomic E-state index is 13.2. The van der Waals surface area contributed by atoms with Gasteiger partial charge >= 0.3 is 0 Å². The monoisotopic (exact) mass is 414 g/mol. The van der Waals surface area contributed by atoms with Crippen molar-refractivity contribution in [2.24, 2.45) is 0 Å². The fourth-order valence-corrected chi connectivity index (χ4v) is 3.94. The van der Waals surface area contributed by atoms with Crippen molar-refractivity contribution in [2.75, 3.05) is 12.0 Å². The third-order valence-electron chi connectivity index (χ3n) is 5.51. The number of ketones is 1. The number of benzene rings is 2. The number of para-hydroxylation sites is 1. The van der Waals surface area contributed by atoms with Crippen LogP contribution in [0.4, 0.5) is 5.69 Å². The number of nitrogens with zero attached hydrogens (tertiary/aromatic N) is 2. The average Bonchev–Trinajstić information content (AvgIpc) is 3.04. The molecule has 2 heterocycles. The number of methoxy groups -OCH3 is 1. The lowest BCUT2D eigenvalue weighted by molar-refractivity contribution is -0.132. The number of carbonyl (C=O) groups excluding carboxylic acids is 2. The van der Waals surface area contributed by atoms with E-state index in [0.29, 0.717) is 22.6 Å². The highest BCUT2D eigenvalue weighted by atomic mass is 16.5. The lowest BCUT2D eigenvalue weighted by Gasteiger charge is -2.26. The van der Waals surface area contributed by atoms with Gasteiger partial charge in [0.15, 0.2) is 0 Å². The first-order chi connectivity index (χ1) is 14.9. The molecule has 3 aromatic rings. The van der Waals surface area contributed by atoms with E-state index in [2.05, 4.69) is 4.98 Å². The number of amides is 1. The fourth-order valence-electron chi connectivity index (χ4n) is 3.94. The Labute approximate surface area is 180 Å². The van der Waals surface area contributed by atoms with E-state index in [1.54, 1.807) is 55.9 Å². The number of hydrogen-bond acceptors (Lipinski definition) is 5. The summed E-state index contributed by atoms with van der Waals surface area (Å²) in [4.78, 5) is 32.0. The lowest BCUT2D eigenvalue weighted by atomic mass is 9.94. The Morgan fingerprint density at radius 3 is 2.45 bits per heavy atom. The molecule has 4 rings (SSSR count). The Morgan fingerprint density at radius 2 is 1.81 bits per heavy atom. The molecule has 1 saturated heterocycles. The molecule has 156 valence electrons. The molecule has 1 aromatic heterocycles. The standard InChI is InChI=1S/C25H22N2O4/c1-15-7-4-5-9-20(15)27-22(17-8-6-12-26-14-17)21(24(29)25(27)30)23(28)19-11-10-18(31-3)13-16(19)2/h4-14,22,28H,1-3H3/b23-21-. The fraction of sp³-hybridized carbons (Fsp3) is 0.160. The summed E-state index contributed by atoms with van der Waals surface area (Å²) in [5, 5.41) is 11.2. The van der Waals surface area contributed by atoms with Crippen LogP contribution in [0.3, 0.4) is 0 Å². The zero-order chi connectivity index (χ0) is 22.1. The number of aryl methyl sites for hydroxylation is 2. The first-order valence-electron chi connectivity index (χ1n) is 9.85. The summed E-state index contributed by atoms with van der Waals surface area (Å²) in [6.45, 7) is 3.69. The van der Waals surface area contributed by atoms with Crippen LogP contribution in [0.1, 0.15) is 28.3 Å². The molecule has 31 heavy (non-hydrogen) atoms. The van der Waals surface area contributed by atoms with Crippen molar-refractivity contribution in [3.05, 3.63) is 94.8 Å². The van der Waals surface area contributed by atoms with Crippen molar-refractivity contribution < 1.29 is 19.4 Å². The van der Waals surface area contributed by atoms with Crippen molar-refractivity contribution in [1.29, 1.82) is 0 Å². The van der Waals surface area contributed by atoms with E-state index in [-0.39, 0.29) is 11.3 Å². The van der Waals surface area contributed by atoms with Crippen LogP contribution in [0.15, 0.2) is 72.6 Å². The molecule has 0 spiro atoms. The van der Waals surface area contributed by atoms with Crippen molar-refractivity contribution in [1.82, 2.24) is 4.98 Å². The van der Waals surface area contributed by atoms with E-state index in [0.717, 1.165) is 11.1 Å². The van der Waals surface area contributed by atoms with E-state index in [4.69, 9.17) is 4.74 Å². The van der Waals surface area contributed by atoms with Crippen LogP contribution in [0.25, 0.3) is 5.76 Å². The number of aromatic nitrogens is 1. The molecule has 2 aromatic carbocycles. The highest BCUT2D eigenvalue weighted by Crippen LogP contribution is 2.43. The number of aliphatic hydroxyl groups is 1. The molecule has 0 aliphatic carbocycles. The second kappa shape index (κ2) is 8.07. The van der Waals surface area contributed by atoms with Gasteiger partial charge in [0.05, 0.1) is 18.7 Å². The molecule has 1 aliphatic rings. The number of ether oxygens (including phenoxy) is 1. The van der Waals surface area contributed by atoms with Gasteiger partial charge in [-0.3, -0.25) is 19.5 Å². The number of hydrogen-bond donors (Lipinski definition) is 1. The Morgan fingerprint density at radius 1 is 1.03 bits per heavy atom. The van der Waals surface area contributed by atoms with Gasteiger partial charge in [0.2, 0.25) is 0 Å². The van der Waals surface area contributed by atoms with Crippen LogP contribution < -0.4 is 9.64 Å². The Hall–Kier alpha value is -3.93. The number of carbonyl (C=O) groups is 2. The van der Waals surface area contributed by atoms with Crippen molar-refractivity contribution >= 4 is 23.1 Å². The van der Waals surface area contributed by atoms with Gasteiger partial charge in [-0.25, -0.2) is 0 Å². The molecule has 1 N–H and O–H groups in total. The molecule has 1 fully saturated rings. The average molecular weight is 414 g/mol. The van der Waals surface area contributed by atoms with Crippen LogP contribution in [-0.2, 0) is 9.59 Å². The Kier molecular flexibility index (Phi) is 5.29. The molecule has 0 bridgehead atoms. The van der Waals surface area contributed by atoms with Gasteiger partial charge in [-0.2, -0.15) is 0 Å². The van der Waals surface area contributed by atoms with Gasteiger partial charge in [-0.05, 0) is 60.9 Å². The topological polar surface area (TPSA) is 79.7 Å². The summed E-state index contributed by atoms with van der Waals surface area (Å²) in [7, 11) is 1.56. The zero-order valence-corrected chi connectivity index (χ0v) is 17.5. The molecular weight excluding hydrogens is 392 g/mol. The molecule has 1 aliphatic heterocycles. The van der Waals surface area contributed by atoms with Crippen LogP contribution in [-0.4, -0.2) is 28.9 Å². The maximum atomic E-state index is 13.2.